The number of fused-ring (bicyclic) bond motifs is 1. The van der Waals surface area contributed by atoms with Crippen LogP contribution in [0.3, 0.4) is 0 Å². The molecular weight excluding hydrogens is 228 g/mol. The van der Waals surface area contributed by atoms with Gasteiger partial charge in [-0.05, 0) is 24.6 Å². The molecule has 0 fully saturated rings. The van der Waals surface area contributed by atoms with Crippen LogP contribution in [-0.4, -0.2) is 13.2 Å². The summed E-state index contributed by atoms with van der Waals surface area (Å²) in [5, 5.41) is 8.41. The predicted octanol–water partition coefficient (Wildman–Crippen LogP) is 2.77. The molecule has 0 aliphatic carbocycles. The van der Waals surface area contributed by atoms with Gasteiger partial charge in [0.05, 0.1) is 6.07 Å². The minimum Gasteiger partial charge on any atom is -0.486 e. The summed E-state index contributed by atoms with van der Waals surface area (Å²) in [5.41, 5.74) is 0.220. The first kappa shape index (κ1) is 11.6. The fraction of sp³-hybridized carbons (Fsp3) is 0.417. The summed E-state index contributed by atoms with van der Waals surface area (Å²) in [7, 11) is 0. The van der Waals surface area contributed by atoms with Gasteiger partial charge < -0.3 is 9.47 Å². The third-order valence-corrected chi connectivity index (χ3v) is 2.58. The van der Waals surface area contributed by atoms with Crippen LogP contribution < -0.4 is 9.47 Å². The Morgan fingerprint density at radius 3 is 2.47 bits per heavy atom. The summed E-state index contributed by atoms with van der Waals surface area (Å²) in [5.74, 6) is -2.37. The van der Waals surface area contributed by atoms with Crippen LogP contribution >= 0.6 is 0 Å². The van der Waals surface area contributed by atoms with Gasteiger partial charge >= 0.3 is 0 Å². The van der Waals surface area contributed by atoms with E-state index in [-0.39, 0.29) is 5.56 Å². The summed E-state index contributed by atoms with van der Waals surface area (Å²) in [6.07, 6.45) is -0.840. The minimum atomic E-state index is -3.16. The molecule has 17 heavy (non-hydrogen) atoms. The number of nitrogens with zero attached hydrogens (tertiary/aromatic N) is 1. The van der Waals surface area contributed by atoms with Crippen LogP contribution in [-0.2, 0) is 5.92 Å². The first-order valence-electron chi connectivity index (χ1n) is 5.20. The van der Waals surface area contributed by atoms with Crippen LogP contribution in [0.4, 0.5) is 8.78 Å². The van der Waals surface area contributed by atoms with Crippen molar-refractivity contribution in [2.75, 3.05) is 13.2 Å². The van der Waals surface area contributed by atoms with E-state index in [1.807, 2.05) is 0 Å². The maximum Gasteiger partial charge on any atom is 0.286 e. The first-order valence-corrected chi connectivity index (χ1v) is 5.20. The quantitative estimate of drug-likeness (QED) is 0.796. The number of ether oxygens (including phenoxy) is 2. The number of nitriles is 1. The Hall–Kier alpha value is -1.83. The number of halogens is 2. The van der Waals surface area contributed by atoms with Crippen molar-refractivity contribution < 1.29 is 18.3 Å². The Balaban J connectivity index is 2.45. The lowest BCUT2D eigenvalue weighted by atomic mass is 9.99. The standard InChI is InChI=1S/C12H11F2NO2/c1-8-6-10-11(17-5-4-16-10)7-9(8)12(13,14)2-3-15/h6-7H,2,4-5H2,1H3. The molecule has 2 rings (SSSR count). The zero-order chi connectivity index (χ0) is 12.5. The molecule has 0 saturated carbocycles. The second-order valence-electron chi connectivity index (χ2n) is 3.85. The molecule has 1 aliphatic heterocycles. The molecule has 90 valence electrons. The molecule has 0 N–H and O–H groups in total. The number of aryl methyl sites for hydroxylation is 1. The summed E-state index contributed by atoms with van der Waals surface area (Å²) in [6, 6.07) is 4.28. The van der Waals surface area contributed by atoms with Gasteiger partial charge in [0.15, 0.2) is 11.5 Å². The number of benzene rings is 1. The fourth-order valence-electron chi connectivity index (χ4n) is 1.78. The van der Waals surface area contributed by atoms with E-state index in [0.717, 1.165) is 0 Å². The predicted molar refractivity (Wildman–Crippen MR) is 56.3 cm³/mol. The largest absolute Gasteiger partial charge is 0.486 e. The van der Waals surface area contributed by atoms with Crippen molar-refractivity contribution in [1.29, 1.82) is 5.26 Å². The zero-order valence-corrected chi connectivity index (χ0v) is 9.30. The molecule has 1 aromatic carbocycles. The molecule has 0 saturated heterocycles. The third kappa shape index (κ3) is 2.16. The summed E-state index contributed by atoms with van der Waals surface area (Å²) >= 11 is 0. The molecule has 5 heteroatoms. The molecule has 0 unspecified atom stereocenters. The monoisotopic (exact) mass is 239 g/mol. The Bertz CT molecular complexity index is 480. The Morgan fingerprint density at radius 1 is 1.29 bits per heavy atom. The van der Waals surface area contributed by atoms with Gasteiger partial charge in [0.25, 0.3) is 5.92 Å². The Morgan fingerprint density at radius 2 is 1.88 bits per heavy atom. The van der Waals surface area contributed by atoms with E-state index in [4.69, 9.17) is 14.7 Å². The van der Waals surface area contributed by atoms with Crippen LogP contribution in [0, 0.1) is 18.3 Å². The summed E-state index contributed by atoms with van der Waals surface area (Å²) in [6.45, 7) is 2.33. The maximum atomic E-state index is 13.7. The molecule has 0 radical (unpaired) electrons. The second kappa shape index (κ2) is 4.21. The molecule has 1 aliphatic rings. The van der Waals surface area contributed by atoms with E-state index in [1.54, 1.807) is 6.92 Å². The van der Waals surface area contributed by atoms with Crippen molar-refractivity contribution in [2.24, 2.45) is 0 Å². The van der Waals surface area contributed by atoms with Crippen molar-refractivity contribution in [1.82, 2.24) is 0 Å². The average molecular weight is 239 g/mol. The molecule has 0 aromatic heterocycles. The SMILES string of the molecule is Cc1cc2c(cc1C(F)(F)CC#N)OCCO2. The van der Waals surface area contributed by atoms with Gasteiger partial charge in [-0.15, -0.1) is 0 Å². The number of hydrogen-bond acceptors (Lipinski definition) is 3. The highest BCUT2D eigenvalue weighted by atomic mass is 19.3. The van der Waals surface area contributed by atoms with Crippen molar-refractivity contribution in [3.8, 4) is 17.6 Å². The van der Waals surface area contributed by atoms with E-state index in [1.165, 1.54) is 18.2 Å². The molecule has 0 spiro atoms. The van der Waals surface area contributed by atoms with Crippen LogP contribution in [0.15, 0.2) is 12.1 Å². The molecule has 0 bridgehead atoms. The highest BCUT2D eigenvalue weighted by Gasteiger charge is 2.34. The topological polar surface area (TPSA) is 42.2 Å². The number of alkyl halides is 2. The van der Waals surface area contributed by atoms with Crippen molar-refractivity contribution in [3.05, 3.63) is 23.3 Å². The molecule has 1 heterocycles. The second-order valence-corrected chi connectivity index (χ2v) is 3.85. The van der Waals surface area contributed by atoms with Crippen molar-refractivity contribution >= 4 is 0 Å². The highest BCUT2D eigenvalue weighted by Crippen LogP contribution is 2.40. The first-order chi connectivity index (χ1) is 8.04. The fourth-order valence-corrected chi connectivity index (χ4v) is 1.78. The maximum absolute atomic E-state index is 13.7. The van der Waals surface area contributed by atoms with E-state index >= 15 is 0 Å². The van der Waals surface area contributed by atoms with Gasteiger partial charge in [-0.25, -0.2) is 8.78 Å². The molecule has 0 atom stereocenters. The van der Waals surface area contributed by atoms with Crippen molar-refractivity contribution in [2.45, 2.75) is 19.3 Å². The van der Waals surface area contributed by atoms with Gasteiger partial charge in [0, 0.05) is 5.56 Å². The minimum absolute atomic E-state index is 0.177. The van der Waals surface area contributed by atoms with Gasteiger partial charge in [-0.2, -0.15) is 5.26 Å². The smallest absolute Gasteiger partial charge is 0.286 e. The van der Waals surface area contributed by atoms with Crippen LogP contribution in [0.5, 0.6) is 11.5 Å². The number of rotatable bonds is 2. The van der Waals surface area contributed by atoms with E-state index < -0.39 is 12.3 Å². The third-order valence-electron chi connectivity index (χ3n) is 2.58. The summed E-state index contributed by atoms with van der Waals surface area (Å²) in [4.78, 5) is 0. The van der Waals surface area contributed by atoms with Crippen molar-refractivity contribution in [3.63, 3.8) is 0 Å². The molecule has 0 amide bonds. The van der Waals surface area contributed by atoms with E-state index in [2.05, 4.69) is 0 Å². The summed E-state index contributed by atoms with van der Waals surface area (Å²) < 4.78 is 37.9. The Labute approximate surface area is 97.6 Å². The molecule has 1 aromatic rings. The van der Waals surface area contributed by atoms with Gasteiger partial charge in [0.2, 0.25) is 0 Å². The van der Waals surface area contributed by atoms with Crippen LogP contribution in [0.2, 0.25) is 0 Å². The Kier molecular flexibility index (Phi) is 2.88. The lowest BCUT2D eigenvalue weighted by Crippen LogP contribution is -2.19. The van der Waals surface area contributed by atoms with Gasteiger partial charge in [0.1, 0.15) is 19.6 Å². The van der Waals surface area contributed by atoms with E-state index in [0.29, 0.717) is 30.3 Å². The molecular formula is C12H11F2NO2. The molecule has 3 nitrogen and oxygen atoms in total. The lowest BCUT2D eigenvalue weighted by Gasteiger charge is -2.22. The van der Waals surface area contributed by atoms with Crippen LogP contribution in [0.25, 0.3) is 0 Å². The normalized spacial score (nSPS) is 14.2. The lowest BCUT2D eigenvalue weighted by molar-refractivity contribution is -0.000162. The highest BCUT2D eigenvalue weighted by molar-refractivity contribution is 5.49. The number of hydrogen-bond donors (Lipinski definition) is 0. The van der Waals surface area contributed by atoms with Gasteiger partial charge in [-0.1, -0.05) is 0 Å². The van der Waals surface area contributed by atoms with Gasteiger partial charge in [-0.3, -0.25) is 0 Å². The average Bonchev–Trinajstić information content (AvgIpc) is 2.27. The van der Waals surface area contributed by atoms with Crippen LogP contribution in [0.1, 0.15) is 17.5 Å². The zero-order valence-electron chi connectivity index (χ0n) is 9.30. The van der Waals surface area contributed by atoms with E-state index in [9.17, 15) is 8.78 Å².